The normalized spacial score (nSPS) is 11.2. The lowest BCUT2D eigenvalue weighted by atomic mass is 10.2. The van der Waals surface area contributed by atoms with Gasteiger partial charge in [0, 0.05) is 29.0 Å². The molecule has 0 amide bonds. The minimum atomic E-state index is 0.810. The first-order chi connectivity index (χ1) is 14.7. The first-order valence-electron chi connectivity index (χ1n) is 9.64. The molecule has 152 valence electrons. The van der Waals surface area contributed by atoms with E-state index in [1.807, 2.05) is 103 Å². The van der Waals surface area contributed by atoms with E-state index >= 15 is 0 Å². The number of methoxy groups -OCH3 is 2. The summed E-state index contributed by atoms with van der Waals surface area (Å²) in [5.41, 5.74) is 3.95. The van der Waals surface area contributed by atoms with Crippen molar-refractivity contribution in [3.63, 3.8) is 0 Å². The van der Waals surface area contributed by atoms with Crippen molar-refractivity contribution in [2.24, 2.45) is 0 Å². The Morgan fingerprint density at radius 3 is 1.80 bits per heavy atom. The van der Waals surface area contributed by atoms with Crippen LogP contribution in [0.1, 0.15) is 0 Å². The third-order valence-corrected chi connectivity index (χ3v) is 4.52. The van der Waals surface area contributed by atoms with Gasteiger partial charge in [0.15, 0.2) is 0 Å². The molecule has 3 rings (SSSR count). The van der Waals surface area contributed by atoms with Gasteiger partial charge in [0.2, 0.25) is 0 Å². The zero-order valence-electron chi connectivity index (χ0n) is 17.3. The van der Waals surface area contributed by atoms with E-state index in [2.05, 4.69) is 16.8 Å². The van der Waals surface area contributed by atoms with Crippen LogP contribution < -0.4 is 19.7 Å². The Balaban J connectivity index is 1.92. The quantitative estimate of drug-likeness (QED) is 0.415. The number of para-hydroxylation sites is 1. The minimum Gasteiger partial charge on any atom is -0.497 e. The molecule has 0 atom stereocenters. The molecular weight excluding hydrogens is 372 g/mol. The number of anilines is 3. The van der Waals surface area contributed by atoms with Gasteiger partial charge in [-0.3, -0.25) is 0 Å². The number of allylic oxidation sites excluding steroid dienone is 3. The van der Waals surface area contributed by atoms with E-state index in [-0.39, 0.29) is 0 Å². The first-order valence-corrected chi connectivity index (χ1v) is 9.64. The Bertz CT molecular complexity index is 944. The second-order valence-corrected chi connectivity index (χ2v) is 6.40. The molecule has 3 aromatic carbocycles. The summed E-state index contributed by atoms with van der Waals surface area (Å²) in [6.07, 6.45) is 7.71. The van der Waals surface area contributed by atoms with Crippen molar-refractivity contribution in [1.82, 2.24) is 0 Å². The van der Waals surface area contributed by atoms with E-state index < -0.39 is 0 Å². The molecule has 0 aliphatic carbocycles. The van der Waals surface area contributed by atoms with Crippen LogP contribution in [0.4, 0.5) is 17.1 Å². The number of rotatable bonds is 9. The van der Waals surface area contributed by atoms with Crippen LogP contribution in [0.3, 0.4) is 0 Å². The van der Waals surface area contributed by atoms with Crippen LogP contribution >= 0.6 is 0 Å². The van der Waals surface area contributed by atoms with Gasteiger partial charge in [0.05, 0.1) is 14.2 Å². The Labute approximate surface area is 178 Å². The first kappa shape index (κ1) is 20.8. The summed E-state index contributed by atoms with van der Waals surface area (Å²) in [6, 6.07) is 25.9. The van der Waals surface area contributed by atoms with Gasteiger partial charge in [0.25, 0.3) is 0 Å². The van der Waals surface area contributed by atoms with Crippen LogP contribution in [0.2, 0.25) is 0 Å². The average molecular weight is 399 g/mol. The fourth-order valence-corrected chi connectivity index (χ4v) is 2.97. The topological polar surface area (TPSA) is 33.7 Å². The molecule has 0 saturated carbocycles. The van der Waals surface area contributed by atoms with Gasteiger partial charge in [-0.2, -0.15) is 0 Å². The van der Waals surface area contributed by atoms with Crippen LogP contribution in [-0.2, 0) is 0 Å². The maximum atomic E-state index is 5.30. The monoisotopic (exact) mass is 398 g/mol. The van der Waals surface area contributed by atoms with Crippen LogP contribution in [0, 0.1) is 0 Å². The Kier molecular flexibility index (Phi) is 7.34. The standard InChI is InChI=1S/C26H26N2O2/c1-4-22(11-8-20-27-21-9-6-5-7-10-21)28(23-12-16-25(29-2)17-13-23)24-14-18-26(30-3)19-15-24/h4-20,27H,1H2,2-3H3/b20-8+,22-11+. The predicted molar refractivity (Wildman–Crippen MR) is 126 cm³/mol. The van der Waals surface area contributed by atoms with Crippen LogP contribution in [0.15, 0.2) is 116 Å². The molecule has 0 bridgehead atoms. The van der Waals surface area contributed by atoms with Gasteiger partial charge in [-0.1, -0.05) is 24.8 Å². The van der Waals surface area contributed by atoms with Crippen LogP contribution in [0.5, 0.6) is 11.5 Å². The molecule has 0 saturated heterocycles. The Morgan fingerprint density at radius 2 is 1.33 bits per heavy atom. The van der Waals surface area contributed by atoms with E-state index in [0.717, 1.165) is 34.3 Å². The molecule has 4 heteroatoms. The zero-order valence-corrected chi connectivity index (χ0v) is 17.3. The van der Waals surface area contributed by atoms with E-state index in [1.54, 1.807) is 14.2 Å². The Hall–Kier alpha value is -3.92. The van der Waals surface area contributed by atoms with Crippen molar-refractivity contribution in [1.29, 1.82) is 0 Å². The number of benzene rings is 3. The maximum Gasteiger partial charge on any atom is 0.119 e. The molecule has 4 nitrogen and oxygen atoms in total. The summed E-state index contributed by atoms with van der Waals surface area (Å²) >= 11 is 0. The fourth-order valence-electron chi connectivity index (χ4n) is 2.97. The molecule has 0 radical (unpaired) electrons. The molecule has 30 heavy (non-hydrogen) atoms. The SMILES string of the molecule is C=C/C(=C\C=C\Nc1ccccc1)N(c1ccc(OC)cc1)c1ccc(OC)cc1. The minimum absolute atomic E-state index is 0.810. The molecule has 0 fully saturated rings. The lowest BCUT2D eigenvalue weighted by molar-refractivity contribution is 0.415. The fraction of sp³-hybridized carbons (Fsp3) is 0.0769. The highest BCUT2D eigenvalue weighted by atomic mass is 16.5. The van der Waals surface area contributed by atoms with E-state index in [4.69, 9.17) is 9.47 Å². The van der Waals surface area contributed by atoms with Gasteiger partial charge in [-0.05, 0) is 78.9 Å². The van der Waals surface area contributed by atoms with Crippen LogP contribution in [-0.4, -0.2) is 14.2 Å². The molecule has 0 heterocycles. The van der Waals surface area contributed by atoms with Gasteiger partial charge >= 0.3 is 0 Å². The second kappa shape index (κ2) is 10.6. The predicted octanol–water partition coefficient (Wildman–Crippen LogP) is 6.54. The second-order valence-electron chi connectivity index (χ2n) is 6.40. The molecule has 0 aliphatic rings. The number of nitrogens with one attached hydrogen (secondary N) is 1. The third kappa shape index (κ3) is 5.32. The smallest absolute Gasteiger partial charge is 0.119 e. The molecule has 0 unspecified atom stereocenters. The van der Waals surface area contributed by atoms with Crippen LogP contribution in [0.25, 0.3) is 0 Å². The zero-order chi connectivity index (χ0) is 21.2. The Morgan fingerprint density at radius 1 is 0.800 bits per heavy atom. The summed E-state index contributed by atoms with van der Waals surface area (Å²) < 4.78 is 10.6. The summed E-state index contributed by atoms with van der Waals surface area (Å²) in [7, 11) is 3.33. The summed E-state index contributed by atoms with van der Waals surface area (Å²) in [6.45, 7) is 4.02. The summed E-state index contributed by atoms with van der Waals surface area (Å²) in [5, 5.41) is 3.26. The molecule has 0 aliphatic heterocycles. The lowest BCUT2D eigenvalue weighted by Crippen LogP contribution is -2.15. The highest BCUT2D eigenvalue weighted by molar-refractivity contribution is 5.71. The van der Waals surface area contributed by atoms with Crippen molar-refractivity contribution in [2.45, 2.75) is 0 Å². The molecular formula is C26H26N2O2. The van der Waals surface area contributed by atoms with Gasteiger partial charge in [-0.25, -0.2) is 0 Å². The van der Waals surface area contributed by atoms with Crippen molar-refractivity contribution in [3.8, 4) is 11.5 Å². The number of hydrogen-bond acceptors (Lipinski definition) is 4. The van der Waals surface area contributed by atoms with E-state index in [1.165, 1.54) is 0 Å². The summed E-state index contributed by atoms with van der Waals surface area (Å²) in [4.78, 5) is 2.12. The van der Waals surface area contributed by atoms with E-state index in [0.29, 0.717) is 0 Å². The van der Waals surface area contributed by atoms with Crippen molar-refractivity contribution >= 4 is 17.1 Å². The van der Waals surface area contributed by atoms with E-state index in [9.17, 15) is 0 Å². The van der Waals surface area contributed by atoms with Crippen molar-refractivity contribution in [2.75, 3.05) is 24.4 Å². The average Bonchev–Trinajstić information content (AvgIpc) is 2.82. The molecule has 0 aromatic heterocycles. The largest absolute Gasteiger partial charge is 0.497 e. The number of hydrogen-bond donors (Lipinski definition) is 1. The number of ether oxygens (including phenoxy) is 2. The molecule has 3 aromatic rings. The number of nitrogens with zero attached hydrogens (tertiary/aromatic N) is 1. The highest BCUT2D eigenvalue weighted by Gasteiger charge is 2.12. The van der Waals surface area contributed by atoms with Crippen molar-refractivity contribution < 1.29 is 9.47 Å². The van der Waals surface area contributed by atoms with Gasteiger partial charge < -0.3 is 19.7 Å². The van der Waals surface area contributed by atoms with Gasteiger partial charge in [0.1, 0.15) is 11.5 Å². The van der Waals surface area contributed by atoms with Gasteiger partial charge in [-0.15, -0.1) is 0 Å². The summed E-state index contributed by atoms with van der Waals surface area (Å²) in [5.74, 6) is 1.62. The van der Waals surface area contributed by atoms with Crippen molar-refractivity contribution in [3.05, 3.63) is 116 Å². The molecule has 0 spiro atoms. The molecule has 1 N–H and O–H groups in total. The highest BCUT2D eigenvalue weighted by Crippen LogP contribution is 2.32. The maximum absolute atomic E-state index is 5.30. The lowest BCUT2D eigenvalue weighted by Gasteiger charge is -2.26. The third-order valence-electron chi connectivity index (χ3n) is 4.52.